The topological polar surface area (TPSA) is 124 Å². The van der Waals surface area contributed by atoms with Gasteiger partial charge < -0.3 is 31.3 Å². The molecule has 10 heteroatoms. The highest BCUT2D eigenvalue weighted by Crippen LogP contribution is 2.26. The Balaban J connectivity index is 1.31. The van der Waals surface area contributed by atoms with Gasteiger partial charge in [0.05, 0.1) is 22.1 Å². The molecule has 1 saturated heterocycles. The Bertz CT molecular complexity index is 1700. The number of nitrogens with one attached hydrogen (secondary N) is 3. The summed E-state index contributed by atoms with van der Waals surface area (Å²) in [6, 6.07) is 21.9. The van der Waals surface area contributed by atoms with Crippen molar-refractivity contribution in [1.29, 1.82) is 0 Å². The second-order valence-corrected chi connectivity index (χ2v) is 9.53. The number of piperazine rings is 1. The fourth-order valence-electron chi connectivity index (χ4n) is 4.79. The Morgan fingerprint density at radius 1 is 0.921 bits per heavy atom. The van der Waals surface area contributed by atoms with Crippen LogP contribution in [0, 0.1) is 0 Å². The van der Waals surface area contributed by atoms with Crippen molar-refractivity contribution in [2.75, 3.05) is 54.6 Å². The standard InChI is InChI=1S/C28H28N8O2/c1-34-11-13-35(14-12-34)21-8-9-23-24(17-21)33-26(32-23)22-16-18-15-20(7-10-25(18)36(29)27(22)37)31-28(38)30-19-5-3-2-4-6-19/h2-10,15-17H,11-14,29H2,1H3,(H,32,33)(H2,30,31,38). The molecule has 3 aromatic carbocycles. The fraction of sp³-hybridized carbons (Fsp3) is 0.179. The van der Waals surface area contributed by atoms with E-state index in [1.54, 1.807) is 36.4 Å². The van der Waals surface area contributed by atoms with E-state index in [0.717, 1.165) is 47.6 Å². The predicted octanol–water partition coefficient (Wildman–Crippen LogP) is 3.65. The van der Waals surface area contributed by atoms with Crippen LogP contribution in [-0.2, 0) is 0 Å². The van der Waals surface area contributed by atoms with Gasteiger partial charge in [-0.1, -0.05) is 18.2 Å². The van der Waals surface area contributed by atoms with Crippen molar-refractivity contribution in [3.8, 4) is 11.4 Å². The molecule has 0 spiro atoms. The Morgan fingerprint density at radius 3 is 2.47 bits per heavy atom. The summed E-state index contributed by atoms with van der Waals surface area (Å²) < 4.78 is 1.11. The first-order valence-electron chi connectivity index (χ1n) is 12.5. The average Bonchev–Trinajstić information content (AvgIpc) is 3.35. The molecule has 6 rings (SSSR count). The van der Waals surface area contributed by atoms with Crippen LogP contribution in [0.5, 0.6) is 0 Å². The van der Waals surface area contributed by atoms with Crippen LogP contribution in [0.3, 0.4) is 0 Å². The van der Waals surface area contributed by atoms with E-state index in [2.05, 4.69) is 49.6 Å². The maximum absolute atomic E-state index is 13.2. The number of carbonyl (C=O) groups excluding carboxylic acids is 1. The lowest BCUT2D eigenvalue weighted by molar-refractivity contribution is 0.262. The zero-order chi connectivity index (χ0) is 26.2. The van der Waals surface area contributed by atoms with Gasteiger partial charge in [-0.05, 0) is 61.6 Å². The van der Waals surface area contributed by atoms with Crippen molar-refractivity contribution in [2.45, 2.75) is 0 Å². The summed E-state index contributed by atoms with van der Waals surface area (Å²) in [6.45, 7) is 3.96. The largest absolute Gasteiger partial charge is 0.369 e. The number of para-hydroxylation sites is 1. The number of benzene rings is 3. The van der Waals surface area contributed by atoms with Crippen LogP contribution in [0.2, 0.25) is 0 Å². The molecule has 0 radical (unpaired) electrons. The Kier molecular flexibility index (Phi) is 5.93. The number of rotatable bonds is 4. The van der Waals surface area contributed by atoms with Crippen LogP contribution in [-0.4, -0.2) is 58.8 Å². The molecule has 0 bridgehead atoms. The summed E-state index contributed by atoms with van der Waals surface area (Å²) in [4.78, 5) is 38.3. The number of likely N-dealkylation sites (N-methyl/N-ethyl adjacent to an activating group) is 1. The first-order chi connectivity index (χ1) is 18.4. The summed E-state index contributed by atoms with van der Waals surface area (Å²) in [5.74, 6) is 6.64. The van der Waals surface area contributed by atoms with Crippen molar-refractivity contribution in [3.05, 3.63) is 83.2 Å². The van der Waals surface area contributed by atoms with E-state index < -0.39 is 0 Å². The number of hydrogen-bond acceptors (Lipinski definition) is 6. The second-order valence-electron chi connectivity index (χ2n) is 9.53. The van der Waals surface area contributed by atoms with Gasteiger partial charge in [0, 0.05) is 48.6 Å². The lowest BCUT2D eigenvalue weighted by Crippen LogP contribution is -2.44. The quantitative estimate of drug-likeness (QED) is 0.275. The zero-order valence-electron chi connectivity index (χ0n) is 20.9. The minimum atomic E-state index is -0.370. The second kappa shape index (κ2) is 9.56. The minimum absolute atomic E-state index is 0.350. The number of fused-ring (bicyclic) bond motifs is 2. The number of aromatic amines is 1. The number of nitrogens with two attached hydrogens (primary N) is 1. The summed E-state index contributed by atoms with van der Waals surface area (Å²) in [7, 11) is 2.13. The minimum Gasteiger partial charge on any atom is -0.369 e. The smallest absolute Gasteiger partial charge is 0.323 e. The fourth-order valence-corrected chi connectivity index (χ4v) is 4.79. The Hall–Kier alpha value is -4.83. The van der Waals surface area contributed by atoms with Crippen molar-refractivity contribution in [3.63, 3.8) is 0 Å². The maximum Gasteiger partial charge on any atom is 0.323 e. The number of amides is 2. The molecule has 1 aliphatic heterocycles. The maximum atomic E-state index is 13.2. The van der Waals surface area contributed by atoms with E-state index in [9.17, 15) is 9.59 Å². The number of carbonyl (C=O) groups is 1. The molecule has 2 aromatic heterocycles. The Labute approximate surface area is 218 Å². The highest BCUT2D eigenvalue weighted by Gasteiger charge is 2.17. The van der Waals surface area contributed by atoms with Crippen molar-refractivity contribution < 1.29 is 4.79 Å². The van der Waals surface area contributed by atoms with E-state index in [1.807, 2.05) is 24.3 Å². The molecule has 10 nitrogen and oxygen atoms in total. The van der Waals surface area contributed by atoms with E-state index in [0.29, 0.717) is 33.7 Å². The lowest BCUT2D eigenvalue weighted by atomic mass is 10.1. The van der Waals surface area contributed by atoms with Crippen LogP contribution in [0.4, 0.5) is 21.9 Å². The first kappa shape index (κ1) is 23.6. The number of anilines is 3. The van der Waals surface area contributed by atoms with E-state index >= 15 is 0 Å². The van der Waals surface area contributed by atoms with Gasteiger partial charge in [0.2, 0.25) is 0 Å². The van der Waals surface area contributed by atoms with Crippen molar-refractivity contribution >= 4 is 45.0 Å². The third kappa shape index (κ3) is 4.53. The van der Waals surface area contributed by atoms with Crippen LogP contribution in [0.15, 0.2) is 77.6 Å². The summed E-state index contributed by atoms with van der Waals surface area (Å²) >= 11 is 0. The monoisotopic (exact) mass is 508 g/mol. The molecular formula is C28H28N8O2. The van der Waals surface area contributed by atoms with Gasteiger partial charge in [-0.3, -0.25) is 4.79 Å². The first-order valence-corrected chi connectivity index (χ1v) is 12.5. The molecule has 5 N–H and O–H groups in total. The number of imidazole rings is 1. The van der Waals surface area contributed by atoms with E-state index in [-0.39, 0.29) is 11.6 Å². The third-order valence-electron chi connectivity index (χ3n) is 6.91. The Morgan fingerprint density at radius 2 is 1.68 bits per heavy atom. The molecule has 5 aromatic rings. The molecule has 1 fully saturated rings. The number of nitrogens with zero attached hydrogens (tertiary/aromatic N) is 4. The molecule has 0 unspecified atom stereocenters. The highest BCUT2D eigenvalue weighted by molar-refractivity contribution is 6.01. The highest BCUT2D eigenvalue weighted by atomic mass is 16.2. The summed E-state index contributed by atoms with van der Waals surface area (Å²) in [5.41, 5.74) is 4.53. The van der Waals surface area contributed by atoms with E-state index in [1.165, 1.54) is 0 Å². The molecule has 0 atom stereocenters. The van der Waals surface area contributed by atoms with Crippen LogP contribution in [0.25, 0.3) is 33.3 Å². The molecule has 3 heterocycles. The number of aromatic nitrogens is 3. The molecule has 192 valence electrons. The number of pyridine rings is 1. The molecule has 0 saturated carbocycles. The molecular weight excluding hydrogens is 480 g/mol. The molecule has 2 amide bonds. The van der Waals surface area contributed by atoms with E-state index in [4.69, 9.17) is 5.84 Å². The third-order valence-corrected chi connectivity index (χ3v) is 6.91. The van der Waals surface area contributed by atoms with Gasteiger partial charge >= 0.3 is 6.03 Å². The van der Waals surface area contributed by atoms with Crippen LogP contribution in [0.1, 0.15) is 0 Å². The summed E-state index contributed by atoms with van der Waals surface area (Å²) in [6.07, 6.45) is 0. The van der Waals surface area contributed by atoms with Gasteiger partial charge in [-0.2, -0.15) is 0 Å². The van der Waals surface area contributed by atoms with Crippen LogP contribution >= 0.6 is 0 Å². The zero-order valence-corrected chi connectivity index (χ0v) is 20.9. The molecule has 0 aliphatic carbocycles. The van der Waals surface area contributed by atoms with Gasteiger partial charge in [-0.25, -0.2) is 14.5 Å². The molecule has 38 heavy (non-hydrogen) atoms. The molecule has 1 aliphatic rings. The predicted molar refractivity (Wildman–Crippen MR) is 152 cm³/mol. The number of urea groups is 1. The van der Waals surface area contributed by atoms with Gasteiger partial charge in [0.15, 0.2) is 0 Å². The van der Waals surface area contributed by atoms with Crippen molar-refractivity contribution in [2.24, 2.45) is 0 Å². The van der Waals surface area contributed by atoms with Gasteiger partial charge in [0.25, 0.3) is 5.56 Å². The number of H-pyrrole nitrogens is 1. The lowest BCUT2D eigenvalue weighted by Gasteiger charge is -2.34. The van der Waals surface area contributed by atoms with Crippen LogP contribution < -0.4 is 26.9 Å². The van der Waals surface area contributed by atoms with Gasteiger partial charge in [-0.15, -0.1) is 0 Å². The number of hydrogen-bond donors (Lipinski definition) is 4. The summed E-state index contributed by atoms with van der Waals surface area (Å²) in [5, 5.41) is 6.31. The SMILES string of the molecule is CN1CCN(c2ccc3nc(-c4cc5cc(NC(=O)Nc6ccccc6)ccc5n(N)c4=O)[nH]c3c2)CC1. The normalized spacial score (nSPS) is 14.2. The van der Waals surface area contributed by atoms with Gasteiger partial charge in [0.1, 0.15) is 5.82 Å². The average molecular weight is 509 g/mol. The van der Waals surface area contributed by atoms with Crippen molar-refractivity contribution in [1.82, 2.24) is 19.5 Å². The number of nitrogen functional groups attached to an aromatic ring is 1.